The Kier molecular flexibility index (Phi) is 6.73. The third kappa shape index (κ3) is 4.78. The van der Waals surface area contributed by atoms with Gasteiger partial charge in [0.05, 0.1) is 11.8 Å². The largest absolute Gasteiger partial charge is 0.508 e. The predicted molar refractivity (Wildman–Crippen MR) is 133 cm³/mol. The number of imide groups is 2. The molecule has 1 aliphatic carbocycles. The van der Waals surface area contributed by atoms with Crippen molar-refractivity contribution in [2.75, 3.05) is 0 Å². The maximum Gasteiger partial charge on any atom is 0.233 e. The van der Waals surface area contributed by atoms with Crippen molar-refractivity contribution in [3.05, 3.63) is 47.5 Å². The molecule has 2 saturated heterocycles. The zero-order chi connectivity index (χ0) is 27.1. The van der Waals surface area contributed by atoms with Gasteiger partial charge in [0.1, 0.15) is 23.0 Å². The molecule has 4 amide bonds. The number of phenols is 4. The molecule has 2 heterocycles. The van der Waals surface area contributed by atoms with Gasteiger partial charge in [0.15, 0.2) is 0 Å². The highest BCUT2D eigenvalue weighted by Gasteiger charge is 2.47. The van der Waals surface area contributed by atoms with E-state index >= 15 is 0 Å². The zero-order valence-electron chi connectivity index (χ0n) is 20.7. The lowest BCUT2D eigenvalue weighted by Gasteiger charge is -2.37. The number of hydrogen-bond acceptors (Lipinski definition) is 8. The maximum atomic E-state index is 13.3. The number of amides is 4. The summed E-state index contributed by atoms with van der Waals surface area (Å²) in [6.07, 6.45) is 2.51. The van der Waals surface area contributed by atoms with Crippen LogP contribution in [0.3, 0.4) is 0 Å². The summed E-state index contributed by atoms with van der Waals surface area (Å²) in [6.45, 7) is 0. The van der Waals surface area contributed by atoms with Gasteiger partial charge in [-0.1, -0.05) is 12.1 Å². The van der Waals surface area contributed by atoms with E-state index in [9.17, 15) is 39.6 Å². The molecule has 2 aromatic rings. The van der Waals surface area contributed by atoms with E-state index in [0.29, 0.717) is 36.8 Å². The fourth-order valence-electron chi connectivity index (χ4n) is 6.11. The average Bonchev–Trinajstić information content (AvgIpc) is 3.30. The number of hydrogen-bond donors (Lipinski definition) is 4. The zero-order valence-corrected chi connectivity index (χ0v) is 20.7. The van der Waals surface area contributed by atoms with Crippen LogP contribution in [0.4, 0.5) is 0 Å². The second-order valence-electron chi connectivity index (χ2n) is 10.5. The van der Waals surface area contributed by atoms with Gasteiger partial charge in [-0.3, -0.25) is 29.0 Å². The van der Waals surface area contributed by atoms with Gasteiger partial charge in [-0.25, -0.2) is 0 Å². The maximum absolute atomic E-state index is 13.3. The van der Waals surface area contributed by atoms with Gasteiger partial charge < -0.3 is 20.4 Å². The molecule has 0 spiro atoms. The molecule has 4 N–H and O–H groups in total. The second kappa shape index (κ2) is 10.00. The lowest BCUT2D eigenvalue weighted by Crippen LogP contribution is -2.50. The quantitative estimate of drug-likeness (QED) is 0.422. The Balaban J connectivity index is 1.26. The summed E-state index contributed by atoms with van der Waals surface area (Å²) in [5.74, 6) is -2.98. The third-order valence-electron chi connectivity index (χ3n) is 7.97. The van der Waals surface area contributed by atoms with Gasteiger partial charge in [-0.2, -0.15) is 0 Å². The minimum Gasteiger partial charge on any atom is -0.508 e. The van der Waals surface area contributed by atoms with Gasteiger partial charge in [-0.15, -0.1) is 0 Å². The summed E-state index contributed by atoms with van der Waals surface area (Å²) in [7, 11) is 0. The minimum atomic E-state index is -0.629. The fraction of sp³-hybridized carbons (Fsp3) is 0.429. The first-order valence-corrected chi connectivity index (χ1v) is 12.9. The van der Waals surface area contributed by atoms with Crippen LogP contribution < -0.4 is 0 Å². The molecule has 0 radical (unpaired) electrons. The molecule has 4 atom stereocenters. The van der Waals surface area contributed by atoms with Gasteiger partial charge in [0, 0.05) is 37.1 Å². The summed E-state index contributed by atoms with van der Waals surface area (Å²) in [5.41, 5.74) is 0.938. The van der Waals surface area contributed by atoms with Gasteiger partial charge >= 0.3 is 0 Å². The van der Waals surface area contributed by atoms with E-state index in [1.807, 2.05) is 0 Å². The lowest BCUT2D eigenvalue weighted by molar-refractivity contribution is -0.145. The van der Waals surface area contributed by atoms with E-state index in [2.05, 4.69) is 0 Å². The monoisotopic (exact) mass is 522 g/mol. The SMILES string of the molecule is O=C1CC(Cc2ccc(O)cc2O)C(=O)N1C1CCCC(N2C(=O)CC(Cc3ccc(O)cc3O)C2=O)C1. The number of phenolic OH excluding ortho intramolecular Hbond substituents is 4. The van der Waals surface area contributed by atoms with Crippen LogP contribution in [0, 0.1) is 11.8 Å². The molecule has 200 valence electrons. The van der Waals surface area contributed by atoms with Crippen LogP contribution in [0.25, 0.3) is 0 Å². The third-order valence-corrected chi connectivity index (χ3v) is 7.97. The molecule has 38 heavy (non-hydrogen) atoms. The van der Waals surface area contributed by atoms with Crippen LogP contribution in [0.15, 0.2) is 36.4 Å². The van der Waals surface area contributed by atoms with Gasteiger partial charge in [0.2, 0.25) is 23.6 Å². The van der Waals surface area contributed by atoms with Crippen LogP contribution in [0.5, 0.6) is 23.0 Å². The highest BCUT2D eigenvalue weighted by molar-refractivity contribution is 6.05. The van der Waals surface area contributed by atoms with Gasteiger partial charge in [0.25, 0.3) is 0 Å². The summed E-state index contributed by atoms with van der Waals surface area (Å²) in [5, 5.41) is 39.2. The molecule has 4 unspecified atom stereocenters. The van der Waals surface area contributed by atoms with E-state index in [0.717, 1.165) is 0 Å². The Morgan fingerprint density at radius 2 is 1.08 bits per heavy atom. The number of carbonyl (C=O) groups is 4. The minimum absolute atomic E-state index is 0.0140. The van der Waals surface area contributed by atoms with Crippen molar-refractivity contribution in [1.82, 2.24) is 9.80 Å². The van der Waals surface area contributed by atoms with Crippen molar-refractivity contribution in [3.8, 4) is 23.0 Å². The number of nitrogens with zero attached hydrogens (tertiary/aromatic N) is 2. The van der Waals surface area contributed by atoms with E-state index in [4.69, 9.17) is 0 Å². The normalized spacial score (nSPS) is 26.0. The summed E-state index contributed by atoms with van der Waals surface area (Å²) < 4.78 is 0. The molecular formula is C28H30N2O8. The highest BCUT2D eigenvalue weighted by atomic mass is 16.3. The van der Waals surface area contributed by atoms with E-state index < -0.39 is 23.9 Å². The Hall–Kier alpha value is -4.08. The highest BCUT2D eigenvalue weighted by Crippen LogP contribution is 2.37. The standard InChI is InChI=1S/C28H30N2O8/c31-21-6-4-15(23(33)13-21)8-17-10-25(35)29(27(17)37)19-2-1-3-20(12-19)30-26(36)11-18(28(30)38)9-16-5-7-22(32)14-24(16)34/h4-7,13-14,17-20,31-34H,1-3,8-12H2. The van der Waals surface area contributed by atoms with Crippen LogP contribution in [0.2, 0.25) is 0 Å². The summed E-state index contributed by atoms with van der Waals surface area (Å²) in [6, 6.07) is 7.43. The Labute approximate surface area is 219 Å². The van der Waals surface area contributed by atoms with Crippen LogP contribution in [-0.4, -0.2) is 65.9 Å². The molecule has 10 heteroatoms. The number of rotatable bonds is 6. The first-order valence-electron chi connectivity index (χ1n) is 12.9. The van der Waals surface area contributed by atoms with Gasteiger partial charge in [-0.05, 0) is 61.8 Å². The molecule has 2 aromatic carbocycles. The summed E-state index contributed by atoms with van der Waals surface area (Å²) >= 11 is 0. The van der Waals surface area contributed by atoms with Crippen LogP contribution in [0.1, 0.15) is 49.7 Å². The van der Waals surface area contributed by atoms with Crippen molar-refractivity contribution in [2.45, 2.75) is 63.5 Å². The van der Waals surface area contributed by atoms with Crippen molar-refractivity contribution in [2.24, 2.45) is 11.8 Å². The molecule has 3 fully saturated rings. The average molecular weight is 523 g/mol. The molecule has 0 bridgehead atoms. The van der Waals surface area contributed by atoms with E-state index in [1.54, 1.807) is 0 Å². The van der Waals surface area contributed by atoms with Crippen LogP contribution in [-0.2, 0) is 32.0 Å². The topological polar surface area (TPSA) is 156 Å². The number of aromatic hydroxyl groups is 4. The smallest absolute Gasteiger partial charge is 0.233 e. The van der Waals surface area contributed by atoms with E-state index in [-0.39, 0.29) is 72.3 Å². The molecule has 2 aliphatic heterocycles. The van der Waals surface area contributed by atoms with Crippen molar-refractivity contribution >= 4 is 23.6 Å². The lowest BCUT2D eigenvalue weighted by atomic mass is 9.88. The first-order chi connectivity index (χ1) is 18.1. The fourth-order valence-corrected chi connectivity index (χ4v) is 6.11. The van der Waals surface area contributed by atoms with Crippen molar-refractivity contribution < 1.29 is 39.6 Å². The number of benzene rings is 2. The number of carbonyl (C=O) groups excluding carboxylic acids is 4. The van der Waals surface area contributed by atoms with Crippen molar-refractivity contribution in [3.63, 3.8) is 0 Å². The Morgan fingerprint density at radius 3 is 1.47 bits per heavy atom. The van der Waals surface area contributed by atoms with Crippen LogP contribution >= 0.6 is 0 Å². The molecule has 0 aromatic heterocycles. The Bertz CT molecular complexity index is 1210. The molecule has 10 nitrogen and oxygen atoms in total. The van der Waals surface area contributed by atoms with Crippen molar-refractivity contribution in [1.29, 1.82) is 0 Å². The molecule has 3 aliphatic rings. The first kappa shape index (κ1) is 25.6. The molecule has 1 saturated carbocycles. The summed E-state index contributed by atoms with van der Waals surface area (Å²) in [4.78, 5) is 54.9. The second-order valence-corrected chi connectivity index (χ2v) is 10.5. The molecule has 5 rings (SSSR count). The molecular weight excluding hydrogens is 492 g/mol. The van der Waals surface area contributed by atoms with E-state index in [1.165, 1.54) is 46.2 Å². The predicted octanol–water partition coefficient (Wildman–Crippen LogP) is 2.36. The number of likely N-dealkylation sites (tertiary alicyclic amines) is 2. The Morgan fingerprint density at radius 1 is 0.658 bits per heavy atom.